The molecule has 1 aromatic carbocycles. The molecule has 6 heteroatoms. The van der Waals surface area contributed by atoms with Gasteiger partial charge in [0.25, 0.3) is 5.91 Å². The van der Waals surface area contributed by atoms with Crippen molar-refractivity contribution >= 4 is 5.91 Å². The Kier molecular flexibility index (Phi) is 3.45. The van der Waals surface area contributed by atoms with E-state index in [4.69, 9.17) is 8.94 Å². The van der Waals surface area contributed by atoms with Crippen LogP contribution in [0, 0.1) is 13.8 Å². The van der Waals surface area contributed by atoms with Gasteiger partial charge in [-0.15, -0.1) is 0 Å². The summed E-state index contributed by atoms with van der Waals surface area (Å²) < 4.78 is 10.3. The van der Waals surface area contributed by atoms with E-state index < -0.39 is 0 Å². The summed E-state index contributed by atoms with van der Waals surface area (Å²) >= 11 is 0. The number of carbonyl (C=O) groups excluding carboxylic acids is 1. The molecule has 2 aromatic heterocycles. The van der Waals surface area contributed by atoms with Crippen molar-refractivity contribution in [2.75, 3.05) is 0 Å². The van der Waals surface area contributed by atoms with Crippen LogP contribution in [0.3, 0.4) is 0 Å². The first kappa shape index (κ1) is 14.7. The third kappa shape index (κ3) is 2.50. The van der Waals surface area contributed by atoms with E-state index in [0.29, 0.717) is 5.69 Å². The third-order valence-electron chi connectivity index (χ3n) is 4.40. The molecule has 3 aromatic rings. The largest absolute Gasteiger partial charge is 0.438 e. The van der Waals surface area contributed by atoms with Gasteiger partial charge in [-0.05, 0) is 43.9 Å². The Morgan fingerprint density at radius 2 is 2.17 bits per heavy atom. The predicted molar refractivity (Wildman–Crippen MR) is 86.4 cm³/mol. The van der Waals surface area contributed by atoms with Crippen molar-refractivity contribution < 1.29 is 13.7 Å². The summed E-state index contributed by atoms with van der Waals surface area (Å²) in [7, 11) is 0. The molecule has 122 valence electrons. The Morgan fingerprint density at radius 3 is 2.88 bits per heavy atom. The van der Waals surface area contributed by atoms with E-state index in [-0.39, 0.29) is 17.7 Å². The van der Waals surface area contributed by atoms with Gasteiger partial charge < -0.3 is 14.3 Å². The molecular formula is C18H17N3O3. The van der Waals surface area contributed by atoms with Crippen molar-refractivity contribution in [2.24, 2.45) is 0 Å². The fourth-order valence-electron chi connectivity index (χ4n) is 3.17. The monoisotopic (exact) mass is 323 g/mol. The maximum absolute atomic E-state index is 12.3. The van der Waals surface area contributed by atoms with Gasteiger partial charge in [0.05, 0.1) is 11.7 Å². The zero-order valence-corrected chi connectivity index (χ0v) is 13.5. The Balaban J connectivity index is 1.56. The second-order valence-corrected chi connectivity index (χ2v) is 6.07. The van der Waals surface area contributed by atoms with E-state index in [0.717, 1.165) is 35.4 Å². The number of amides is 1. The number of benzene rings is 1. The third-order valence-corrected chi connectivity index (χ3v) is 4.40. The van der Waals surface area contributed by atoms with Crippen molar-refractivity contribution in [3.8, 4) is 11.3 Å². The molecule has 0 spiro atoms. The van der Waals surface area contributed by atoms with Crippen molar-refractivity contribution in [3.05, 3.63) is 59.0 Å². The molecule has 1 N–H and O–H groups in total. The van der Waals surface area contributed by atoms with Gasteiger partial charge in [-0.2, -0.15) is 0 Å². The number of carbonyl (C=O) groups is 1. The van der Waals surface area contributed by atoms with Crippen LogP contribution in [-0.2, 0) is 6.42 Å². The van der Waals surface area contributed by atoms with E-state index in [1.54, 1.807) is 6.92 Å². The number of hydrogen-bond donors (Lipinski definition) is 1. The SMILES string of the molecule is Cc1cc(-c2ccc3c(c2)CCC3NC(=O)c2ocnc2C)no1. The lowest BCUT2D eigenvalue weighted by Crippen LogP contribution is -2.27. The molecule has 24 heavy (non-hydrogen) atoms. The van der Waals surface area contributed by atoms with Gasteiger partial charge in [-0.25, -0.2) is 4.98 Å². The highest BCUT2D eigenvalue weighted by Crippen LogP contribution is 2.34. The zero-order valence-electron chi connectivity index (χ0n) is 13.5. The molecule has 1 unspecified atom stereocenters. The van der Waals surface area contributed by atoms with Crippen LogP contribution in [0.4, 0.5) is 0 Å². The van der Waals surface area contributed by atoms with Gasteiger partial charge in [0, 0.05) is 11.6 Å². The fourth-order valence-corrected chi connectivity index (χ4v) is 3.17. The predicted octanol–water partition coefficient (Wildman–Crippen LogP) is 3.36. The first-order valence-corrected chi connectivity index (χ1v) is 7.89. The number of fused-ring (bicyclic) bond motifs is 1. The average Bonchev–Trinajstić information content (AvgIpc) is 3.27. The van der Waals surface area contributed by atoms with Crippen LogP contribution in [-0.4, -0.2) is 16.0 Å². The van der Waals surface area contributed by atoms with Gasteiger partial charge in [-0.1, -0.05) is 17.3 Å². The van der Waals surface area contributed by atoms with Crippen LogP contribution >= 0.6 is 0 Å². The Hall–Kier alpha value is -2.89. The minimum absolute atomic E-state index is 0.00917. The number of nitrogens with one attached hydrogen (secondary N) is 1. The zero-order chi connectivity index (χ0) is 16.7. The lowest BCUT2D eigenvalue weighted by atomic mass is 10.0. The number of rotatable bonds is 3. The maximum atomic E-state index is 12.3. The van der Waals surface area contributed by atoms with Crippen LogP contribution < -0.4 is 5.32 Å². The molecule has 0 saturated heterocycles. The van der Waals surface area contributed by atoms with E-state index in [9.17, 15) is 4.79 Å². The highest BCUT2D eigenvalue weighted by atomic mass is 16.5. The molecule has 2 heterocycles. The van der Waals surface area contributed by atoms with Gasteiger partial charge in [-0.3, -0.25) is 4.79 Å². The van der Waals surface area contributed by atoms with E-state index >= 15 is 0 Å². The van der Waals surface area contributed by atoms with Crippen LogP contribution in [0.5, 0.6) is 0 Å². The molecule has 1 aliphatic rings. The van der Waals surface area contributed by atoms with E-state index in [1.165, 1.54) is 12.0 Å². The second kappa shape index (κ2) is 5.63. The first-order chi connectivity index (χ1) is 11.6. The molecule has 0 radical (unpaired) electrons. The van der Waals surface area contributed by atoms with E-state index in [1.807, 2.05) is 19.1 Å². The van der Waals surface area contributed by atoms with Gasteiger partial charge in [0.1, 0.15) is 11.5 Å². The fraction of sp³-hybridized carbons (Fsp3) is 0.278. The number of aromatic nitrogens is 2. The summed E-state index contributed by atoms with van der Waals surface area (Å²) in [6.45, 7) is 3.63. The number of aryl methyl sites for hydroxylation is 3. The minimum atomic E-state index is -0.223. The van der Waals surface area contributed by atoms with Crippen LogP contribution in [0.15, 0.2) is 39.6 Å². The summed E-state index contributed by atoms with van der Waals surface area (Å²) in [5.74, 6) is 0.843. The topological polar surface area (TPSA) is 81.2 Å². The molecule has 0 saturated carbocycles. The van der Waals surface area contributed by atoms with Crippen LogP contribution in [0.1, 0.15) is 45.6 Å². The number of nitrogens with zero attached hydrogens (tertiary/aromatic N) is 2. The summed E-state index contributed by atoms with van der Waals surface area (Å²) in [6.07, 6.45) is 3.08. The second-order valence-electron chi connectivity index (χ2n) is 6.07. The highest BCUT2D eigenvalue weighted by Gasteiger charge is 2.26. The lowest BCUT2D eigenvalue weighted by molar-refractivity contribution is 0.0908. The molecule has 0 fully saturated rings. The van der Waals surface area contributed by atoms with E-state index in [2.05, 4.69) is 27.6 Å². The lowest BCUT2D eigenvalue weighted by Gasteiger charge is -2.13. The molecule has 1 aliphatic carbocycles. The maximum Gasteiger partial charge on any atom is 0.289 e. The van der Waals surface area contributed by atoms with Crippen molar-refractivity contribution in [2.45, 2.75) is 32.7 Å². The minimum Gasteiger partial charge on any atom is -0.438 e. The molecule has 4 rings (SSSR count). The Bertz CT molecular complexity index is 910. The summed E-state index contributed by atoms with van der Waals surface area (Å²) in [4.78, 5) is 16.3. The molecule has 1 atom stereocenters. The molecule has 1 amide bonds. The standard InChI is InChI=1S/C18H17N3O3/c1-10-7-16(21-24-10)13-3-5-14-12(8-13)4-6-15(14)20-18(22)17-11(2)19-9-23-17/h3,5,7-9,15H,4,6H2,1-2H3,(H,20,22). The van der Waals surface area contributed by atoms with Crippen LogP contribution in [0.2, 0.25) is 0 Å². The normalized spacial score (nSPS) is 16.2. The smallest absolute Gasteiger partial charge is 0.289 e. The van der Waals surface area contributed by atoms with Crippen LogP contribution in [0.25, 0.3) is 11.3 Å². The van der Waals surface area contributed by atoms with Crippen molar-refractivity contribution in [3.63, 3.8) is 0 Å². The molecular weight excluding hydrogens is 306 g/mol. The number of hydrogen-bond acceptors (Lipinski definition) is 5. The van der Waals surface area contributed by atoms with Gasteiger partial charge in [0.15, 0.2) is 6.39 Å². The number of oxazole rings is 1. The molecule has 0 bridgehead atoms. The summed E-state index contributed by atoms with van der Waals surface area (Å²) in [5, 5.41) is 7.09. The highest BCUT2D eigenvalue weighted by molar-refractivity contribution is 5.92. The van der Waals surface area contributed by atoms with Gasteiger partial charge in [0.2, 0.25) is 5.76 Å². The average molecular weight is 323 g/mol. The Morgan fingerprint density at radius 1 is 1.29 bits per heavy atom. The summed E-state index contributed by atoms with van der Waals surface area (Å²) in [5.41, 5.74) is 4.84. The molecule has 0 aliphatic heterocycles. The van der Waals surface area contributed by atoms with Crippen molar-refractivity contribution in [1.82, 2.24) is 15.5 Å². The van der Waals surface area contributed by atoms with Gasteiger partial charge >= 0.3 is 0 Å². The molecule has 6 nitrogen and oxygen atoms in total. The first-order valence-electron chi connectivity index (χ1n) is 7.89. The summed E-state index contributed by atoms with van der Waals surface area (Å²) in [6, 6.07) is 8.10. The quantitative estimate of drug-likeness (QED) is 0.799. The Labute approximate surface area is 138 Å². The van der Waals surface area contributed by atoms with Crippen molar-refractivity contribution in [1.29, 1.82) is 0 Å².